The third-order valence-electron chi connectivity index (χ3n) is 23.5. The smallest absolute Gasteiger partial charge is 0.227 e. The van der Waals surface area contributed by atoms with Crippen LogP contribution in [0.3, 0.4) is 0 Å². The topological polar surface area (TPSA) is 156 Å². The van der Waals surface area contributed by atoms with E-state index in [1.807, 2.05) is 110 Å². The van der Waals surface area contributed by atoms with Gasteiger partial charge in [0.25, 0.3) is 0 Å². The third-order valence-corrected chi connectivity index (χ3v) is 23.5. The Balaban J connectivity index is 0.0000000987. The van der Waals surface area contributed by atoms with Gasteiger partial charge in [-0.1, -0.05) is 284 Å². The minimum atomic E-state index is 0.701. The number of aryl methyl sites for hydroxylation is 6. The molecule has 0 amide bonds. The lowest BCUT2D eigenvalue weighted by atomic mass is 10.00. The van der Waals surface area contributed by atoms with Gasteiger partial charge >= 0.3 is 0 Å². The second-order valence-corrected chi connectivity index (χ2v) is 31.2. The van der Waals surface area contributed by atoms with E-state index in [9.17, 15) is 0 Å². The number of rotatable bonds is 12. The number of hydrogen-bond acceptors (Lipinski definition) is 12. The summed E-state index contributed by atoms with van der Waals surface area (Å²) in [6.45, 7) is 13.0. The van der Waals surface area contributed by atoms with E-state index in [0.29, 0.717) is 5.71 Å². The van der Waals surface area contributed by atoms with Crippen LogP contribution in [-0.2, 0) is 38.5 Å². The summed E-state index contributed by atoms with van der Waals surface area (Å²) in [4.78, 5) is 26.0. The first-order chi connectivity index (χ1) is 62.2. The molecule has 0 unspecified atom stereocenters. The van der Waals surface area contributed by atoms with Gasteiger partial charge in [0.15, 0.2) is 16.7 Å². The number of para-hydroxylation sites is 6. The number of nitrogens with zero attached hydrogens (tertiary/aromatic N) is 6. The SMILES string of the molecule is CCc1cccc(-c2cccc3c2oc2cccnc23)c1.CCc1cccc(-c2cccc3c2oc2ccncc23)c1.CCc1cccc(-c2cccc3c2oc2cnccc23)c1.CCc1cccc(-c2cccc3c2oc2ncccc23)c1.CCc1cccc(-c2ccnc3c2oc2ccccc23)c1.CCc1cccc(-c2cncc3c2oc2ccccc23)c1. The van der Waals surface area contributed by atoms with Gasteiger partial charge in [0.2, 0.25) is 5.71 Å². The summed E-state index contributed by atoms with van der Waals surface area (Å²) in [7, 11) is 0. The molecule has 12 aromatic carbocycles. The van der Waals surface area contributed by atoms with Crippen molar-refractivity contribution in [3.63, 3.8) is 0 Å². The average Bonchev–Trinajstić information content (AvgIpc) is 1.65. The molecule has 0 fully saturated rings. The van der Waals surface area contributed by atoms with Crippen molar-refractivity contribution in [3.05, 3.63) is 399 Å². The molecule has 12 heteroatoms. The van der Waals surface area contributed by atoms with Crippen LogP contribution in [0.4, 0.5) is 0 Å². The Labute approximate surface area is 729 Å². The number of pyridine rings is 6. The fourth-order valence-corrected chi connectivity index (χ4v) is 16.9. The van der Waals surface area contributed by atoms with Crippen LogP contribution in [-0.4, -0.2) is 29.9 Å². The maximum atomic E-state index is 6.07. The van der Waals surface area contributed by atoms with Gasteiger partial charge < -0.3 is 26.5 Å². The third kappa shape index (κ3) is 16.1. The van der Waals surface area contributed by atoms with Crippen molar-refractivity contribution in [1.29, 1.82) is 0 Å². The molecule has 0 N–H and O–H groups in total. The van der Waals surface area contributed by atoms with Crippen LogP contribution in [0.15, 0.2) is 392 Å². The highest BCUT2D eigenvalue weighted by Crippen LogP contribution is 2.43. The van der Waals surface area contributed by atoms with E-state index >= 15 is 0 Å². The van der Waals surface area contributed by atoms with Crippen molar-refractivity contribution < 1.29 is 26.5 Å². The van der Waals surface area contributed by atoms with Crippen molar-refractivity contribution >= 4 is 132 Å². The van der Waals surface area contributed by atoms with Gasteiger partial charge in [-0.3, -0.25) is 24.9 Å². The standard InChI is InChI=1S/6C19H15NO/c1-2-13-6-3-7-14(12-13)15-8-4-9-16-18-17(21-19(15)16)10-5-11-20-18;1-2-13-6-3-7-14(12-13)15-8-4-9-16-17-10-5-11-20-19(17)21-18(15)16;1-2-13-5-3-6-14(11-13)15-7-4-8-17-16-9-10-20-12-18(16)21-19(15)17;1-2-13-5-3-6-14(11-13)15-7-4-8-16-17-12-20-10-9-18(17)21-19(15)16;1-2-13-6-5-7-14(10-13)16-11-20-12-17-15-8-3-4-9-18(15)21-19(16)17;1-2-13-6-5-7-14(12-13)15-10-11-20-18-16-8-3-4-9-17(16)21-19(15)18/h6*3-12H,2H2,1H3. The maximum absolute atomic E-state index is 6.07. The van der Waals surface area contributed by atoms with E-state index in [1.54, 1.807) is 18.6 Å². The summed E-state index contributed by atoms with van der Waals surface area (Å²) >= 11 is 0. The van der Waals surface area contributed by atoms with Crippen LogP contribution in [0.2, 0.25) is 0 Å². The molecule has 0 bridgehead atoms. The summed E-state index contributed by atoms with van der Waals surface area (Å²) in [5.74, 6) is 0. The van der Waals surface area contributed by atoms with E-state index in [2.05, 4.69) is 308 Å². The fourth-order valence-electron chi connectivity index (χ4n) is 16.9. The zero-order valence-corrected chi connectivity index (χ0v) is 71.0. The first-order valence-electron chi connectivity index (χ1n) is 43.3. The molecule has 24 aromatic rings. The highest BCUT2D eigenvalue weighted by molar-refractivity contribution is 6.14. The second kappa shape index (κ2) is 36.2. The van der Waals surface area contributed by atoms with E-state index < -0.39 is 0 Å². The Morgan fingerprint density at radius 1 is 0.190 bits per heavy atom. The summed E-state index contributed by atoms with van der Waals surface area (Å²) in [5, 5.41) is 11.0. The predicted octanol–water partition coefficient (Wildman–Crippen LogP) is 31.3. The largest absolute Gasteiger partial charge is 0.455 e. The number of fused-ring (bicyclic) bond motifs is 18. The lowest BCUT2D eigenvalue weighted by Gasteiger charge is -2.04. The Kier molecular flexibility index (Phi) is 23.0. The molecule has 0 atom stereocenters. The average molecular weight is 1640 g/mol. The minimum Gasteiger partial charge on any atom is -0.455 e. The van der Waals surface area contributed by atoms with Crippen molar-refractivity contribution in [3.8, 4) is 66.8 Å². The van der Waals surface area contributed by atoms with E-state index in [4.69, 9.17) is 26.5 Å². The van der Waals surface area contributed by atoms with Crippen LogP contribution in [0, 0.1) is 0 Å². The predicted molar refractivity (Wildman–Crippen MR) is 518 cm³/mol. The Morgan fingerprint density at radius 3 is 1.09 bits per heavy atom. The monoisotopic (exact) mass is 1640 g/mol. The zero-order valence-electron chi connectivity index (χ0n) is 71.0. The van der Waals surface area contributed by atoms with E-state index in [-0.39, 0.29) is 0 Å². The molecule has 0 aliphatic carbocycles. The fraction of sp³-hybridized carbons (Fsp3) is 0.105. The van der Waals surface area contributed by atoms with Gasteiger partial charge in [0.05, 0.1) is 6.20 Å². The second-order valence-electron chi connectivity index (χ2n) is 31.2. The lowest BCUT2D eigenvalue weighted by Crippen LogP contribution is -1.84. The summed E-state index contributed by atoms with van der Waals surface area (Å²) in [6, 6.07) is 107. The Hall–Kier alpha value is -15.7. The zero-order chi connectivity index (χ0) is 85.4. The normalized spacial score (nSPS) is 11.3. The maximum Gasteiger partial charge on any atom is 0.227 e. The molecule has 12 aromatic heterocycles. The highest BCUT2D eigenvalue weighted by Gasteiger charge is 2.20. The summed E-state index contributed by atoms with van der Waals surface area (Å²) < 4.78 is 36.3. The number of aromatic nitrogens is 6. The van der Waals surface area contributed by atoms with E-state index in [0.717, 1.165) is 204 Å². The lowest BCUT2D eigenvalue weighted by molar-refractivity contribution is 0.655. The molecule has 126 heavy (non-hydrogen) atoms. The highest BCUT2D eigenvalue weighted by atomic mass is 16.4. The first kappa shape index (κ1) is 80.1. The van der Waals surface area contributed by atoms with Gasteiger partial charge in [-0.2, -0.15) is 0 Å². The van der Waals surface area contributed by atoms with Gasteiger partial charge in [-0.25, -0.2) is 4.98 Å². The van der Waals surface area contributed by atoms with Crippen LogP contribution >= 0.6 is 0 Å². The molecule has 0 spiro atoms. The van der Waals surface area contributed by atoms with E-state index in [1.165, 1.54) is 61.2 Å². The van der Waals surface area contributed by atoms with Gasteiger partial charge in [0.1, 0.15) is 55.7 Å². The van der Waals surface area contributed by atoms with Crippen molar-refractivity contribution in [2.24, 2.45) is 0 Å². The van der Waals surface area contributed by atoms with Crippen LogP contribution in [0.5, 0.6) is 0 Å². The van der Waals surface area contributed by atoms with Crippen LogP contribution in [0.25, 0.3) is 199 Å². The van der Waals surface area contributed by atoms with Gasteiger partial charge in [-0.05, 0) is 172 Å². The molecule has 0 aliphatic rings. The van der Waals surface area contributed by atoms with Gasteiger partial charge in [-0.15, -0.1) is 0 Å². The molecule has 12 nitrogen and oxygen atoms in total. The molecule has 0 aliphatic heterocycles. The number of hydrogen-bond donors (Lipinski definition) is 0. The molecule has 0 saturated carbocycles. The molecular formula is C114H90N6O6. The molecule has 12 heterocycles. The number of furan rings is 6. The summed E-state index contributed by atoms with van der Waals surface area (Å²) in [5.41, 5.74) is 34.2. The van der Waals surface area contributed by atoms with Crippen molar-refractivity contribution in [1.82, 2.24) is 29.9 Å². The molecule has 0 radical (unpaired) electrons. The Morgan fingerprint density at radius 2 is 0.540 bits per heavy atom. The summed E-state index contributed by atoms with van der Waals surface area (Å²) in [6.07, 6.45) is 22.6. The van der Waals surface area contributed by atoms with Crippen molar-refractivity contribution in [2.45, 2.75) is 80.1 Å². The first-order valence-corrected chi connectivity index (χ1v) is 43.3. The van der Waals surface area contributed by atoms with Crippen LogP contribution < -0.4 is 0 Å². The van der Waals surface area contributed by atoms with Crippen LogP contribution in [0.1, 0.15) is 74.9 Å². The number of benzene rings is 12. The molecule has 612 valence electrons. The molecule has 24 rings (SSSR count). The van der Waals surface area contributed by atoms with Gasteiger partial charge in [0, 0.05) is 137 Å². The quantitative estimate of drug-likeness (QED) is 0.114. The molecule has 0 saturated heterocycles. The van der Waals surface area contributed by atoms with Crippen molar-refractivity contribution in [2.75, 3.05) is 0 Å². The minimum absolute atomic E-state index is 0.701. The molecular weight excluding hydrogens is 1550 g/mol. The Bertz CT molecular complexity index is 6840.